The first-order valence-corrected chi connectivity index (χ1v) is 10.6. The molecule has 0 atom stereocenters. The molecule has 0 spiro atoms. The van der Waals surface area contributed by atoms with Crippen molar-refractivity contribution in [2.45, 2.75) is 13.8 Å². The number of imide groups is 1. The molecule has 0 unspecified atom stereocenters. The van der Waals surface area contributed by atoms with E-state index in [0.717, 1.165) is 10.6 Å². The number of para-hydroxylation sites is 1. The van der Waals surface area contributed by atoms with Crippen LogP contribution >= 0.6 is 0 Å². The molecule has 7 nitrogen and oxygen atoms in total. The Balaban J connectivity index is 1.92. The first-order valence-electron chi connectivity index (χ1n) is 10.6. The zero-order valence-corrected chi connectivity index (χ0v) is 18.9. The fourth-order valence-electron chi connectivity index (χ4n) is 3.70. The molecule has 1 aliphatic rings. The molecule has 0 radical (unpaired) electrons. The fraction of sp³-hybridized carbons (Fsp3) is 0.154. The number of nitriles is 1. The molecule has 1 aliphatic heterocycles. The number of hydrogen-bond acceptors (Lipinski definition) is 5. The summed E-state index contributed by atoms with van der Waals surface area (Å²) in [6.45, 7) is 3.66. The van der Waals surface area contributed by atoms with Gasteiger partial charge in [-0.15, -0.1) is 0 Å². The van der Waals surface area contributed by atoms with Crippen LogP contribution in [0.5, 0.6) is 5.75 Å². The molecule has 0 saturated heterocycles. The van der Waals surface area contributed by atoms with Crippen molar-refractivity contribution in [1.82, 2.24) is 14.7 Å². The van der Waals surface area contributed by atoms with E-state index in [1.807, 2.05) is 36.4 Å². The van der Waals surface area contributed by atoms with E-state index in [1.165, 1.54) is 19.2 Å². The van der Waals surface area contributed by atoms with E-state index in [2.05, 4.69) is 5.10 Å². The lowest BCUT2D eigenvalue weighted by Crippen LogP contribution is -2.39. The van der Waals surface area contributed by atoms with Gasteiger partial charge in [0.2, 0.25) is 0 Å². The van der Waals surface area contributed by atoms with Gasteiger partial charge in [-0.3, -0.25) is 14.5 Å². The highest BCUT2D eigenvalue weighted by molar-refractivity contribution is 6.19. The number of benzene rings is 2. The van der Waals surface area contributed by atoms with Gasteiger partial charge >= 0.3 is 0 Å². The number of likely N-dealkylation sites (N-methyl/N-ethyl adjacent to an activating group) is 1. The number of carbonyl (C=O) groups excluding carboxylic acids is 2. The number of hydrogen-bond donors (Lipinski definition) is 0. The maximum Gasteiger partial charge on any atom is 0.271 e. The quantitative estimate of drug-likeness (QED) is 0.422. The Morgan fingerprint density at radius 3 is 2.53 bits per heavy atom. The van der Waals surface area contributed by atoms with Crippen molar-refractivity contribution in [1.29, 1.82) is 5.26 Å². The smallest absolute Gasteiger partial charge is 0.271 e. The lowest BCUT2D eigenvalue weighted by atomic mass is 9.93. The highest BCUT2D eigenvalue weighted by Crippen LogP contribution is 2.32. The van der Waals surface area contributed by atoms with Gasteiger partial charge in [-0.2, -0.15) is 10.4 Å². The highest BCUT2D eigenvalue weighted by Gasteiger charge is 2.33. The van der Waals surface area contributed by atoms with Crippen LogP contribution in [0.1, 0.15) is 19.4 Å². The van der Waals surface area contributed by atoms with Gasteiger partial charge in [-0.25, -0.2) is 9.07 Å². The van der Waals surface area contributed by atoms with E-state index in [9.17, 15) is 19.2 Å². The van der Waals surface area contributed by atoms with Crippen LogP contribution in [0.2, 0.25) is 0 Å². The molecule has 4 rings (SSSR count). The van der Waals surface area contributed by atoms with E-state index in [0.29, 0.717) is 23.4 Å². The van der Waals surface area contributed by atoms with Crippen LogP contribution in [-0.4, -0.2) is 40.1 Å². The molecule has 34 heavy (non-hydrogen) atoms. The van der Waals surface area contributed by atoms with Crippen molar-refractivity contribution in [2.24, 2.45) is 0 Å². The summed E-state index contributed by atoms with van der Waals surface area (Å²) in [6, 6.07) is 15.8. The summed E-state index contributed by atoms with van der Waals surface area (Å²) in [7, 11) is 1.33. The van der Waals surface area contributed by atoms with Gasteiger partial charge in [-0.05, 0) is 55.8 Å². The van der Waals surface area contributed by atoms with Crippen LogP contribution in [0.3, 0.4) is 0 Å². The summed E-state index contributed by atoms with van der Waals surface area (Å²) in [5.74, 6) is -1.57. The van der Waals surface area contributed by atoms with Gasteiger partial charge in [0.25, 0.3) is 11.8 Å². The lowest BCUT2D eigenvalue weighted by Gasteiger charge is -2.23. The molecular formula is C26H21FN4O3. The molecule has 2 aromatic carbocycles. The Bertz CT molecular complexity index is 1400. The minimum absolute atomic E-state index is 0.0996. The Kier molecular flexibility index (Phi) is 6.11. The molecule has 0 saturated carbocycles. The van der Waals surface area contributed by atoms with Crippen LogP contribution in [-0.2, 0) is 9.59 Å². The number of halogens is 1. The first kappa shape index (κ1) is 22.7. The van der Waals surface area contributed by atoms with Gasteiger partial charge in [0.05, 0.1) is 12.3 Å². The number of ether oxygens (including phenoxy) is 1. The van der Waals surface area contributed by atoms with E-state index in [1.54, 1.807) is 36.9 Å². The molecule has 0 bridgehead atoms. The third-order valence-electron chi connectivity index (χ3n) is 5.51. The fourth-order valence-corrected chi connectivity index (χ4v) is 3.70. The molecule has 0 fully saturated rings. The SMILES string of the molecule is CCOc1ccc(-c2nn(-c3ccccc3)cc2/C=C2/C(=O)N(C)C(=O)C(C#N)=C2C)cc1F. The Labute approximate surface area is 196 Å². The van der Waals surface area contributed by atoms with Crippen molar-refractivity contribution in [3.05, 3.63) is 82.8 Å². The van der Waals surface area contributed by atoms with Crippen molar-refractivity contribution in [2.75, 3.05) is 13.7 Å². The van der Waals surface area contributed by atoms with Gasteiger partial charge < -0.3 is 4.74 Å². The minimum atomic E-state index is -0.643. The summed E-state index contributed by atoms with van der Waals surface area (Å²) < 4.78 is 21.6. The molecule has 0 N–H and O–H groups in total. The third kappa shape index (κ3) is 3.99. The standard InChI is InChI=1S/C26H21FN4O3/c1-4-34-23-11-10-17(13-22(23)27)24-18(15-31(29-24)19-8-6-5-7-9-19)12-20-16(2)21(14-28)26(33)30(3)25(20)32/h5-13,15H,4H2,1-3H3/b20-12+. The Morgan fingerprint density at radius 2 is 1.88 bits per heavy atom. The average molecular weight is 456 g/mol. The predicted molar refractivity (Wildman–Crippen MR) is 124 cm³/mol. The topological polar surface area (TPSA) is 88.2 Å². The van der Waals surface area contributed by atoms with E-state index in [4.69, 9.17) is 4.74 Å². The molecule has 2 heterocycles. The normalized spacial score (nSPS) is 15.1. The largest absolute Gasteiger partial charge is 0.491 e. The van der Waals surface area contributed by atoms with E-state index >= 15 is 0 Å². The van der Waals surface area contributed by atoms with Crippen LogP contribution in [0.15, 0.2) is 71.4 Å². The van der Waals surface area contributed by atoms with Crippen LogP contribution in [0.25, 0.3) is 23.0 Å². The second kappa shape index (κ2) is 9.16. The van der Waals surface area contributed by atoms with Gasteiger partial charge in [0.15, 0.2) is 11.6 Å². The van der Waals surface area contributed by atoms with Crippen molar-refractivity contribution >= 4 is 17.9 Å². The molecule has 0 aliphatic carbocycles. The molecule has 1 aromatic heterocycles. The van der Waals surface area contributed by atoms with Gasteiger partial charge in [0.1, 0.15) is 17.3 Å². The first-order chi connectivity index (χ1) is 16.3. The molecule has 170 valence electrons. The maximum absolute atomic E-state index is 14.6. The van der Waals surface area contributed by atoms with Gasteiger partial charge in [-0.1, -0.05) is 18.2 Å². The second-order valence-electron chi connectivity index (χ2n) is 7.63. The predicted octanol–water partition coefficient (Wildman–Crippen LogP) is 4.30. The van der Waals surface area contributed by atoms with Crippen molar-refractivity contribution < 1.29 is 18.7 Å². The Hall–Kier alpha value is -4.51. The lowest BCUT2D eigenvalue weighted by molar-refractivity contribution is -0.138. The molecule has 3 aromatic rings. The summed E-state index contributed by atoms with van der Waals surface area (Å²) >= 11 is 0. The number of carbonyl (C=O) groups is 2. The van der Waals surface area contributed by atoms with Crippen LogP contribution in [0, 0.1) is 17.1 Å². The van der Waals surface area contributed by atoms with E-state index in [-0.39, 0.29) is 22.5 Å². The van der Waals surface area contributed by atoms with Crippen molar-refractivity contribution in [3.63, 3.8) is 0 Å². The molecular weight excluding hydrogens is 435 g/mol. The maximum atomic E-state index is 14.6. The van der Waals surface area contributed by atoms with E-state index < -0.39 is 17.6 Å². The second-order valence-corrected chi connectivity index (χ2v) is 7.63. The van der Waals surface area contributed by atoms with Crippen LogP contribution < -0.4 is 4.74 Å². The van der Waals surface area contributed by atoms with Gasteiger partial charge in [0, 0.05) is 29.9 Å². The third-order valence-corrected chi connectivity index (χ3v) is 5.51. The highest BCUT2D eigenvalue weighted by atomic mass is 19.1. The minimum Gasteiger partial charge on any atom is -0.491 e. The summed E-state index contributed by atoms with van der Waals surface area (Å²) in [5, 5.41) is 14.1. The van der Waals surface area contributed by atoms with Crippen molar-refractivity contribution in [3.8, 4) is 28.8 Å². The summed E-state index contributed by atoms with van der Waals surface area (Å²) in [4.78, 5) is 26.1. The number of amides is 2. The zero-order chi connectivity index (χ0) is 24.4. The molecule has 8 heteroatoms. The average Bonchev–Trinajstić information content (AvgIpc) is 3.27. The summed E-state index contributed by atoms with van der Waals surface area (Å²) in [5.41, 5.74) is 2.58. The number of rotatable bonds is 5. The van der Waals surface area contributed by atoms with Crippen LogP contribution in [0.4, 0.5) is 4.39 Å². The molecule has 2 amide bonds. The number of aromatic nitrogens is 2. The zero-order valence-electron chi connectivity index (χ0n) is 18.9. The number of nitrogens with zero attached hydrogens (tertiary/aromatic N) is 4. The monoisotopic (exact) mass is 456 g/mol. The Morgan fingerprint density at radius 1 is 1.15 bits per heavy atom. The summed E-state index contributed by atoms with van der Waals surface area (Å²) in [6.07, 6.45) is 3.29.